The Morgan fingerprint density at radius 1 is 1.16 bits per heavy atom. The Balaban J connectivity index is 1.84. The van der Waals surface area contributed by atoms with Gasteiger partial charge < -0.3 is 4.90 Å². The Kier molecular flexibility index (Phi) is 3.85. The molecule has 1 aromatic heterocycles. The lowest BCUT2D eigenvalue weighted by atomic mass is 9.88. The molecule has 2 atom stereocenters. The average Bonchev–Trinajstić information content (AvgIpc) is 2.92. The van der Waals surface area contributed by atoms with Crippen molar-refractivity contribution in [2.45, 2.75) is 39.9 Å². The number of aliphatic imine (C=N–C) groups is 1. The summed E-state index contributed by atoms with van der Waals surface area (Å²) in [5.41, 5.74) is 1.34. The third kappa shape index (κ3) is 2.83. The maximum absolute atomic E-state index is 4.76. The molecule has 0 spiro atoms. The highest BCUT2D eigenvalue weighted by molar-refractivity contribution is 7.20. The molecule has 2 aromatic carbocycles. The van der Waals surface area contributed by atoms with Crippen molar-refractivity contribution in [1.82, 2.24) is 10.2 Å². The quantitative estimate of drug-likeness (QED) is 0.643. The molecule has 3 aromatic rings. The van der Waals surface area contributed by atoms with Crippen molar-refractivity contribution >= 4 is 44.2 Å². The first-order chi connectivity index (χ1) is 11.8. The summed E-state index contributed by atoms with van der Waals surface area (Å²) in [6.45, 7) is 9.10. The minimum atomic E-state index is 0.169. The molecule has 130 valence electrons. The van der Waals surface area contributed by atoms with Crippen LogP contribution in [0.3, 0.4) is 0 Å². The zero-order chi connectivity index (χ0) is 17.8. The van der Waals surface area contributed by atoms with Crippen LogP contribution >= 0.6 is 11.3 Å². The van der Waals surface area contributed by atoms with Gasteiger partial charge in [-0.1, -0.05) is 45.0 Å². The second-order valence-electron chi connectivity index (χ2n) is 8.08. The van der Waals surface area contributed by atoms with E-state index in [0.29, 0.717) is 6.04 Å². The standard InChI is InChI=1S/C21H25N3S/c1-13(21(2,3)4)23-20-19-18(22-12-24(20)5)16-10-14-8-6-7-9-15(14)11-17(16)25-19/h6-13,20,23H,1-5H3/t13-,20?/m1/s1. The zero-order valence-electron chi connectivity index (χ0n) is 15.5. The maximum Gasteiger partial charge on any atom is 0.118 e. The van der Waals surface area contributed by atoms with Crippen LogP contribution in [0.15, 0.2) is 41.4 Å². The van der Waals surface area contributed by atoms with E-state index in [1.54, 1.807) is 0 Å². The first-order valence-electron chi connectivity index (χ1n) is 8.82. The minimum absolute atomic E-state index is 0.169. The maximum atomic E-state index is 4.76. The Morgan fingerprint density at radius 2 is 1.84 bits per heavy atom. The van der Waals surface area contributed by atoms with Crippen LogP contribution < -0.4 is 5.32 Å². The Bertz CT molecular complexity index is 964. The van der Waals surface area contributed by atoms with Crippen molar-refractivity contribution in [3.63, 3.8) is 0 Å². The van der Waals surface area contributed by atoms with Crippen molar-refractivity contribution in [1.29, 1.82) is 0 Å². The van der Waals surface area contributed by atoms with Crippen LogP contribution in [0.25, 0.3) is 20.9 Å². The van der Waals surface area contributed by atoms with Gasteiger partial charge in [0.1, 0.15) is 6.17 Å². The second kappa shape index (κ2) is 5.82. The highest BCUT2D eigenvalue weighted by atomic mass is 32.1. The van der Waals surface area contributed by atoms with Gasteiger partial charge in [0.25, 0.3) is 0 Å². The molecule has 4 rings (SSSR count). The first-order valence-corrected chi connectivity index (χ1v) is 9.63. The summed E-state index contributed by atoms with van der Waals surface area (Å²) in [5, 5.41) is 7.64. The molecule has 0 amide bonds. The van der Waals surface area contributed by atoms with Gasteiger partial charge in [-0.05, 0) is 35.2 Å². The van der Waals surface area contributed by atoms with Crippen LogP contribution in [0.5, 0.6) is 0 Å². The van der Waals surface area contributed by atoms with Crippen LogP contribution in [0.4, 0.5) is 5.69 Å². The summed E-state index contributed by atoms with van der Waals surface area (Å²) in [4.78, 5) is 8.25. The number of hydrogen-bond donors (Lipinski definition) is 1. The van der Waals surface area contributed by atoms with Gasteiger partial charge in [-0.15, -0.1) is 11.3 Å². The van der Waals surface area contributed by atoms with E-state index in [-0.39, 0.29) is 11.6 Å². The predicted molar refractivity (Wildman–Crippen MR) is 110 cm³/mol. The molecule has 2 heterocycles. The number of hydrogen-bond acceptors (Lipinski definition) is 4. The molecule has 0 fully saturated rings. The summed E-state index contributed by atoms with van der Waals surface area (Å²) in [6, 6.07) is 13.5. The van der Waals surface area contributed by atoms with Gasteiger partial charge in [0.2, 0.25) is 0 Å². The van der Waals surface area contributed by atoms with Crippen molar-refractivity contribution in [2.75, 3.05) is 7.05 Å². The lowest BCUT2D eigenvalue weighted by Gasteiger charge is -2.36. The van der Waals surface area contributed by atoms with Gasteiger partial charge in [-0.25, -0.2) is 4.99 Å². The highest BCUT2D eigenvalue weighted by Gasteiger charge is 2.30. The fourth-order valence-corrected chi connectivity index (χ4v) is 4.48. The zero-order valence-corrected chi connectivity index (χ0v) is 16.3. The molecule has 25 heavy (non-hydrogen) atoms. The number of rotatable bonds is 2. The van der Waals surface area contributed by atoms with Gasteiger partial charge in [-0.3, -0.25) is 5.32 Å². The van der Waals surface area contributed by atoms with E-state index in [1.165, 1.54) is 25.7 Å². The number of nitrogens with zero attached hydrogens (tertiary/aromatic N) is 2. The van der Waals surface area contributed by atoms with E-state index in [9.17, 15) is 0 Å². The molecule has 1 aliphatic rings. The molecule has 0 aliphatic carbocycles. The summed E-state index contributed by atoms with van der Waals surface area (Å²) in [7, 11) is 2.10. The predicted octanol–water partition coefficient (Wildman–Crippen LogP) is 5.68. The highest BCUT2D eigenvalue weighted by Crippen LogP contribution is 2.45. The third-order valence-corrected chi connectivity index (χ3v) is 6.48. The van der Waals surface area contributed by atoms with E-state index >= 15 is 0 Å². The fourth-order valence-electron chi connectivity index (χ4n) is 3.19. The lowest BCUT2D eigenvalue weighted by Crippen LogP contribution is -2.45. The van der Waals surface area contributed by atoms with Gasteiger partial charge >= 0.3 is 0 Å². The van der Waals surface area contributed by atoms with Crippen LogP contribution in [-0.2, 0) is 0 Å². The van der Waals surface area contributed by atoms with Crippen LogP contribution in [0, 0.1) is 5.41 Å². The Labute approximate surface area is 153 Å². The molecule has 0 saturated carbocycles. The normalized spacial score (nSPS) is 18.8. The van der Waals surface area contributed by atoms with Gasteiger partial charge in [0.05, 0.1) is 16.9 Å². The minimum Gasteiger partial charge on any atom is -0.345 e. The summed E-state index contributed by atoms with van der Waals surface area (Å²) in [5.74, 6) is 0. The number of benzene rings is 2. The third-order valence-electron chi connectivity index (χ3n) is 5.29. The molecule has 4 heteroatoms. The molecule has 3 nitrogen and oxygen atoms in total. The van der Waals surface area contributed by atoms with Crippen LogP contribution in [0.1, 0.15) is 38.7 Å². The van der Waals surface area contributed by atoms with E-state index in [2.05, 4.69) is 81.4 Å². The monoisotopic (exact) mass is 351 g/mol. The SMILES string of the molecule is C[C@@H](NC1c2sc3cc4ccccc4cc3c2N=CN1C)C(C)(C)C. The molecule has 0 saturated heterocycles. The Morgan fingerprint density at radius 3 is 2.52 bits per heavy atom. The fraction of sp³-hybridized carbons (Fsp3) is 0.381. The van der Waals surface area contributed by atoms with Gasteiger partial charge in [0, 0.05) is 23.2 Å². The van der Waals surface area contributed by atoms with Gasteiger partial charge in [0.15, 0.2) is 0 Å². The van der Waals surface area contributed by atoms with Crippen molar-refractivity contribution in [3.8, 4) is 0 Å². The van der Waals surface area contributed by atoms with E-state index in [1.807, 2.05) is 17.7 Å². The molecule has 1 aliphatic heterocycles. The van der Waals surface area contributed by atoms with Crippen molar-refractivity contribution in [2.24, 2.45) is 10.4 Å². The molecular formula is C21H25N3S. The largest absolute Gasteiger partial charge is 0.345 e. The summed E-state index contributed by atoms with van der Waals surface area (Å²) in [6.07, 6.45) is 2.12. The van der Waals surface area contributed by atoms with E-state index in [4.69, 9.17) is 4.99 Å². The Hall–Kier alpha value is -1.91. The van der Waals surface area contributed by atoms with Crippen LogP contribution in [-0.4, -0.2) is 24.3 Å². The molecule has 0 bridgehead atoms. The second-order valence-corrected chi connectivity index (χ2v) is 9.16. The number of nitrogens with one attached hydrogen (secondary N) is 1. The average molecular weight is 352 g/mol. The molecule has 1 N–H and O–H groups in total. The van der Waals surface area contributed by atoms with Crippen molar-refractivity contribution < 1.29 is 0 Å². The van der Waals surface area contributed by atoms with Crippen LogP contribution in [0.2, 0.25) is 0 Å². The molecule has 1 unspecified atom stereocenters. The molecular weight excluding hydrogens is 326 g/mol. The first kappa shape index (κ1) is 16.6. The number of thiophene rings is 1. The van der Waals surface area contributed by atoms with Gasteiger partial charge in [-0.2, -0.15) is 0 Å². The summed E-state index contributed by atoms with van der Waals surface area (Å²) < 4.78 is 1.31. The topological polar surface area (TPSA) is 27.6 Å². The van der Waals surface area contributed by atoms with E-state index in [0.717, 1.165) is 5.69 Å². The molecule has 0 radical (unpaired) electrons. The number of fused-ring (bicyclic) bond motifs is 4. The van der Waals surface area contributed by atoms with E-state index < -0.39 is 0 Å². The summed E-state index contributed by atoms with van der Waals surface area (Å²) >= 11 is 1.86. The lowest BCUT2D eigenvalue weighted by molar-refractivity contribution is 0.210. The van der Waals surface area contributed by atoms with Crippen molar-refractivity contribution in [3.05, 3.63) is 41.3 Å². The smallest absolute Gasteiger partial charge is 0.118 e.